The number of ether oxygens (including phenoxy) is 8. The van der Waals surface area contributed by atoms with Gasteiger partial charge < -0.3 is 37.9 Å². The first-order valence-electron chi connectivity index (χ1n) is 48.6. The average molecular weight is 1540 g/mol. The zero-order valence-corrected chi connectivity index (χ0v) is 72.5. The lowest BCUT2D eigenvalue weighted by Crippen LogP contribution is -2.53. The molecule has 0 heterocycles. The summed E-state index contributed by atoms with van der Waals surface area (Å²) in [6.07, 6.45) is 50.5. The van der Waals surface area contributed by atoms with Gasteiger partial charge in [0.2, 0.25) is 12.6 Å². The quantitative estimate of drug-likeness (QED) is 0.0393. The van der Waals surface area contributed by atoms with Gasteiger partial charge in [0.25, 0.3) is 0 Å². The fourth-order valence-electron chi connectivity index (χ4n) is 29.6. The van der Waals surface area contributed by atoms with Crippen LogP contribution in [0, 0.1) is 136 Å². The van der Waals surface area contributed by atoms with Crippen LogP contribution in [0.25, 0.3) is 0 Å². The van der Waals surface area contributed by atoms with E-state index in [1.807, 2.05) is 7.11 Å². The molecule has 0 N–H and O–H groups in total. The molecule has 28 atom stereocenters. The molecule has 8 heteroatoms. The minimum atomic E-state index is -0.131. The predicted octanol–water partition coefficient (Wildman–Crippen LogP) is 27.7. The summed E-state index contributed by atoms with van der Waals surface area (Å²) < 4.78 is 52.3. The molecule has 113 heavy (non-hydrogen) atoms. The summed E-state index contributed by atoms with van der Waals surface area (Å²) in [5.74, 6) is 26.4. The summed E-state index contributed by atoms with van der Waals surface area (Å²) in [5, 5.41) is 0. The molecule has 17 aliphatic rings. The molecule has 0 aliphatic heterocycles. The molecule has 0 saturated heterocycles. The molecular weight excluding hydrogens is 1390 g/mol. The van der Waals surface area contributed by atoms with E-state index in [4.69, 9.17) is 37.9 Å². The van der Waals surface area contributed by atoms with Crippen LogP contribution in [0.4, 0.5) is 0 Å². The van der Waals surface area contributed by atoms with Gasteiger partial charge in [-0.3, -0.25) is 0 Å². The molecule has 17 saturated carbocycles. The van der Waals surface area contributed by atoms with E-state index < -0.39 is 0 Å². The van der Waals surface area contributed by atoms with Gasteiger partial charge in [0.1, 0.15) is 23.0 Å². The van der Waals surface area contributed by atoms with Gasteiger partial charge in [-0.05, 0) is 386 Å². The number of benzene rings is 4. The monoisotopic (exact) mass is 1540 g/mol. The summed E-state index contributed by atoms with van der Waals surface area (Å²) in [6, 6.07) is 35.2. The highest BCUT2D eigenvalue weighted by molar-refractivity contribution is 5.33. The Labute approximate surface area is 686 Å². The summed E-state index contributed by atoms with van der Waals surface area (Å²) >= 11 is 0. The van der Waals surface area contributed by atoms with Crippen molar-refractivity contribution in [3.05, 3.63) is 119 Å². The third-order valence-electron chi connectivity index (χ3n) is 35.6. The molecule has 622 valence electrons. The maximum atomic E-state index is 7.01. The topological polar surface area (TPSA) is 73.8 Å². The summed E-state index contributed by atoms with van der Waals surface area (Å²) in [6.45, 7) is 22.6. The number of methoxy groups -OCH3 is 1. The number of fused-ring (bicyclic) bond motifs is 21. The third kappa shape index (κ3) is 17.8. The highest BCUT2D eigenvalue weighted by Gasteiger charge is 2.64. The Bertz CT molecular complexity index is 3580. The Morgan fingerprint density at radius 2 is 0.752 bits per heavy atom. The Kier molecular flexibility index (Phi) is 26.0. The fourth-order valence-corrected chi connectivity index (χ4v) is 29.6. The number of rotatable bonds is 29. The van der Waals surface area contributed by atoms with E-state index >= 15 is 0 Å². The minimum Gasteiger partial charge on any atom is -0.465 e. The zero-order chi connectivity index (χ0) is 77.6. The second-order valence-electron chi connectivity index (χ2n) is 42.4. The van der Waals surface area contributed by atoms with E-state index in [-0.39, 0.29) is 30.6 Å². The maximum Gasteiger partial charge on any atom is 0.205 e. The van der Waals surface area contributed by atoms with Crippen molar-refractivity contribution in [2.45, 2.75) is 368 Å². The number of hydrogen-bond acceptors (Lipinski definition) is 8. The fraction of sp³-hybridized carbons (Fsp3) is 0.771. The highest BCUT2D eigenvalue weighted by atomic mass is 16.7. The van der Waals surface area contributed by atoms with Crippen LogP contribution in [0.3, 0.4) is 0 Å². The first-order valence-corrected chi connectivity index (χ1v) is 48.6. The van der Waals surface area contributed by atoms with E-state index in [1.165, 1.54) is 234 Å². The van der Waals surface area contributed by atoms with Gasteiger partial charge >= 0.3 is 0 Å². The lowest BCUT2D eigenvalue weighted by atomic mass is 9.49. The van der Waals surface area contributed by atoms with Gasteiger partial charge in [0.05, 0.1) is 18.3 Å². The molecule has 4 aromatic rings. The molecule has 8 nitrogen and oxygen atoms in total. The van der Waals surface area contributed by atoms with E-state index in [1.54, 1.807) is 6.42 Å². The first kappa shape index (κ1) is 81.3. The van der Waals surface area contributed by atoms with Gasteiger partial charge in [-0.15, -0.1) is 0 Å². The average Bonchev–Trinajstić information content (AvgIpc) is 1.59. The molecule has 17 fully saturated rings. The summed E-state index contributed by atoms with van der Waals surface area (Å²) in [5.41, 5.74) is 5.88. The molecule has 14 bridgehead atoms. The second kappa shape index (κ2) is 36.1. The Hall–Kier alpha value is -4.08. The van der Waals surface area contributed by atoms with Crippen LogP contribution in [-0.4, -0.2) is 50.6 Å². The van der Waals surface area contributed by atoms with Gasteiger partial charge in [0.15, 0.2) is 12.6 Å². The Balaban J connectivity index is 0.000000110. The lowest BCUT2D eigenvalue weighted by molar-refractivity contribution is -0.204. The van der Waals surface area contributed by atoms with Gasteiger partial charge in [-0.1, -0.05) is 169 Å². The van der Waals surface area contributed by atoms with Gasteiger partial charge in [-0.2, -0.15) is 0 Å². The van der Waals surface area contributed by atoms with Crippen LogP contribution in [0.2, 0.25) is 0 Å². The molecule has 0 amide bonds. The summed E-state index contributed by atoms with van der Waals surface area (Å²) in [4.78, 5) is 0. The predicted molar refractivity (Wildman–Crippen MR) is 458 cm³/mol. The maximum absolute atomic E-state index is 7.01. The van der Waals surface area contributed by atoms with E-state index in [2.05, 4.69) is 166 Å². The van der Waals surface area contributed by atoms with Crippen LogP contribution < -0.4 is 18.9 Å². The lowest BCUT2D eigenvalue weighted by Gasteiger charge is -2.58. The van der Waals surface area contributed by atoms with Crippen LogP contribution in [0.15, 0.2) is 97.1 Å². The van der Waals surface area contributed by atoms with Crippen molar-refractivity contribution in [3.63, 3.8) is 0 Å². The molecule has 21 rings (SSSR count). The van der Waals surface area contributed by atoms with E-state index in [0.29, 0.717) is 47.9 Å². The second-order valence-corrected chi connectivity index (χ2v) is 42.4. The van der Waals surface area contributed by atoms with Crippen molar-refractivity contribution in [1.82, 2.24) is 0 Å². The number of hydrogen-bond donors (Lipinski definition) is 0. The van der Waals surface area contributed by atoms with Crippen molar-refractivity contribution in [1.29, 1.82) is 0 Å². The molecule has 0 radical (unpaired) electrons. The molecule has 0 aromatic heterocycles. The summed E-state index contributed by atoms with van der Waals surface area (Å²) in [7, 11) is 1.83. The smallest absolute Gasteiger partial charge is 0.205 e. The molecule has 17 aliphatic carbocycles. The van der Waals surface area contributed by atoms with Crippen molar-refractivity contribution in [3.8, 4) is 23.0 Å². The SMILES string of the molecule is CCC(C)c1ccc(OC(CC2CC3CCC2C3)OC2CC3CC2C2C4CCC(C4)C32)cc1.CCC(C)c1ccc(OC(CC2CCCCC2)OC2CC3CC2C2CCCC32)cc1.CCC(C)c1ccc(OC(OC)C23CC4CC(CC(C4)C2)C3)cc1.CCC(C)c1ccc(OC(OC2CC3CC2C2CCCC32)C(C)C)cc1. The third-order valence-corrected chi connectivity index (χ3v) is 35.6. The molecule has 4 aromatic carbocycles. The first-order chi connectivity index (χ1) is 55.0. The zero-order valence-electron chi connectivity index (χ0n) is 72.5. The van der Waals surface area contributed by atoms with Crippen LogP contribution in [0.5, 0.6) is 23.0 Å². The standard InChI is InChI=1S/C31H44O2.C28H42O2.C24H36O2.C22H32O2/c1-3-18(2)20-8-10-26(11-9-20)32-29(17-24-13-19-4-5-21(24)12-19)33-28-16-25-15-27(28)31-23-7-6-22(14-23)30(25)31;1-3-19(2)21-12-14-23(15-13-21)29-28(16-20-8-5-4-6-9-20)30-27-18-22-17-26(27)25-11-7-10-24(22)25;1-5-16(4)17-9-11-19(12-10-17)25-24(15(2)3)26-23-14-18-13-22(23)21-8-6-7-20(18)21;1-4-15(2)19-5-7-20(8-6-19)24-21(23-3)22-12-16-9-17(13-22)11-18(10-16)14-22/h8-11,18-19,21-25,27-31H,3-7,12-17H2,1-2H3;12-15,19-20,22,24-28H,3-11,16-18H2,1-2H3;9-12,15-16,18,20-24H,5-8,13-14H2,1-4H3;5-8,15-18,21H,4,9-14H2,1-3H3. The van der Waals surface area contributed by atoms with Crippen LogP contribution >= 0.6 is 0 Å². The van der Waals surface area contributed by atoms with Crippen molar-refractivity contribution < 1.29 is 37.9 Å². The molecule has 0 spiro atoms. The normalized spacial score (nSPS) is 38.6. The Morgan fingerprint density at radius 3 is 1.21 bits per heavy atom. The van der Waals surface area contributed by atoms with Crippen molar-refractivity contribution >= 4 is 0 Å². The van der Waals surface area contributed by atoms with Gasteiger partial charge in [-0.25, -0.2) is 0 Å². The van der Waals surface area contributed by atoms with Crippen molar-refractivity contribution in [2.75, 3.05) is 7.11 Å². The van der Waals surface area contributed by atoms with E-state index in [9.17, 15) is 0 Å². The molecule has 28 unspecified atom stereocenters. The van der Waals surface area contributed by atoms with Gasteiger partial charge in [0, 0.05) is 31.3 Å². The Morgan fingerprint density at radius 1 is 0.327 bits per heavy atom. The molecular formula is C105H154O8. The largest absolute Gasteiger partial charge is 0.465 e. The van der Waals surface area contributed by atoms with E-state index in [0.717, 1.165) is 160 Å². The van der Waals surface area contributed by atoms with Crippen molar-refractivity contribution in [2.24, 2.45) is 136 Å². The van der Waals surface area contributed by atoms with Crippen LogP contribution in [-0.2, 0) is 18.9 Å². The van der Waals surface area contributed by atoms with Crippen LogP contribution in [0.1, 0.15) is 346 Å². The minimum absolute atomic E-state index is 0.0508. The highest BCUT2D eigenvalue weighted by Crippen LogP contribution is 2.69.